The lowest BCUT2D eigenvalue weighted by molar-refractivity contribution is -0.124. The summed E-state index contributed by atoms with van der Waals surface area (Å²) in [5, 5.41) is 5.09. The SMILES string of the molecule is CCc1ccc(OCC(=O)N[C@@H](c2cccs2)C(C)C)cc1. The second kappa shape index (κ2) is 7.99. The second-order valence-electron chi connectivity index (χ2n) is 5.59. The number of rotatable bonds is 7. The van der Waals surface area contributed by atoms with Gasteiger partial charge in [-0.15, -0.1) is 11.3 Å². The van der Waals surface area contributed by atoms with E-state index >= 15 is 0 Å². The summed E-state index contributed by atoms with van der Waals surface area (Å²) in [5.74, 6) is 0.975. The van der Waals surface area contributed by atoms with Crippen molar-refractivity contribution >= 4 is 17.2 Å². The van der Waals surface area contributed by atoms with E-state index in [0.717, 1.165) is 12.2 Å². The molecule has 0 spiro atoms. The first-order valence-corrected chi connectivity index (χ1v) is 8.52. The largest absolute Gasteiger partial charge is 0.484 e. The number of carbonyl (C=O) groups is 1. The fourth-order valence-electron chi connectivity index (χ4n) is 2.22. The van der Waals surface area contributed by atoms with Crippen LogP contribution in [0.5, 0.6) is 5.75 Å². The normalized spacial score (nSPS) is 12.2. The molecule has 0 bridgehead atoms. The molecule has 1 amide bonds. The number of ether oxygens (including phenoxy) is 1. The highest BCUT2D eigenvalue weighted by Crippen LogP contribution is 2.25. The Morgan fingerprint density at radius 3 is 2.50 bits per heavy atom. The van der Waals surface area contributed by atoms with Gasteiger partial charge in [0.1, 0.15) is 5.75 Å². The van der Waals surface area contributed by atoms with Gasteiger partial charge in [-0.25, -0.2) is 0 Å². The molecule has 1 heterocycles. The minimum Gasteiger partial charge on any atom is -0.484 e. The smallest absolute Gasteiger partial charge is 0.258 e. The summed E-state index contributed by atoms with van der Waals surface area (Å²) < 4.78 is 5.56. The van der Waals surface area contributed by atoms with Gasteiger partial charge in [-0.05, 0) is 41.5 Å². The minimum absolute atomic E-state index is 0.0403. The van der Waals surface area contributed by atoms with Crippen LogP contribution in [-0.4, -0.2) is 12.5 Å². The van der Waals surface area contributed by atoms with E-state index in [4.69, 9.17) is 4.74 Å². The molecule has 0 saturated heterocycles. The third-order valence-corrected chi connectivity index (χ3v) is 4.49. The van der Waals surface area contributed by atoms with Crippen molar-refractivity contribution in [2.24, 2.45) is 5.92 Å². The quantitative estimate of drug-likeness (QED) is 0.831. The Balaban J connectivity index is 1.88. The van der Waals surface area contributed by atoms with Crippen LogP contribution < -0.4 is 10.1 Å². The van der Waals surface area contributed by atoms with E-state index in [1.165, 1.54) is 10.4 Å². The Labute approximate surface area is 136 Å². The highest BCUT2D eigenvalue weighted by Gasteiger charge is 2.19. The van der Waals surface area contributed by atoms with E-state index in [-0.39, 0.29) is 18.6 Å². The molecular weight excluding hydrogens is 294 g/mol. The lowest BCUT2D eigenvalue weighted by Crippen LogP contribution is -2.34. The average molecular weight is 317 g/mol. The van der Waals surface area contributed by atoms with Gasteiger partial charge in [0, 0.05) is 4.88 Å². The van der Waals surface area contributed by atoms with Crippen LogP contribution in [0, 0.1) is 5.92 Å². The van der Waals surface area contributed by atoms with Gasteiger partial charge in [-0.3, -0.25) is 4.79 Å². The van der Waals surface area contributed by atoms with E-state index in [0.29, 0.717) is 5.92 Å². The maximum Gasteiger partial charge on any atom is 0.258 e. The van der Waals surface area contributed by atoms with Crippen LogP contribution in [0.4, 0.5) is 0 Å². The Hall–Kier alpha value is -1.81. The van der Waals surface area contributed by atoms with Crippen molar-refractivity contribution < 1.29 is 9.53 Å². The molecule has 22 heavy (non-hydrogen) atoms. The third-order valence-electron chi connectivity index (χ3n) is 3.53. The number of benzene rings is 1. The zero-order chi connectivity index (χ0) is 15.9. The van der Waals surface area contributed by atoms with Gasteiger partial charge >= 0.3 is 0 Å². The Morgan fingerprint density at radius 1 is 1.23 bits per heavy atom. The Morgan fingerprint density at radius 2 is 1.95 bits per heavy atom. The van der Waals surface area contributed by atoms with Crippen molar-refractivity contribution in [1.29, 1.82) is 0 Å². The van der Waals surface area contributed by atoms with E-state index in [9.17, 15) is 4.79 Å². The van der Waals surface area contributed by atoms with Crippen molar-refractivity contribution in [3.8, 4) is 5.75 Å². The highest BCUT2D eigenvalue weighted by atomic mass is 32.1. The molecule has 0 aliphatic rings. The molecule has 3 nitrogen and oxygen atoms in total. The summed E-state index contributed by atoms with van der Waals surface area (Å²) >= 11 is 1.66. The van der Waals surface area contributed by atoms with Crippen molar-refractivity contribution in [3.63, 3.8) is 0 Å². The zero-order valence-corrected chi connectivity index (χ0v) is 14.2. The molecule has 1 N–H and O–H groups in total. The van der Waals surface area contributed by atoms with Gasteiger partial charge < -0.3 is 10.1 Å². The fraction of sp³-hybridized carbons (Fsp3) is 0.389. The number of aryl methyl sites for hydroxylation is 1. The van der Waals surface area contributed by atoms with Crippen molar-refractivity contribution in [2.75, 3.05) is 6.61 Å². The second-order valence-corrected chi connectivity index (χ2v) is 6.57. The standard InChI is InChI=1S/C18H23NO2S/c1-4-14-7-9-15(10-8-14)21-12-17(20)19-18(13(2)3)16-6-5-11-22-16/h5-11,13,18H,4,12H2,1-3H3,(H,19,20)/t18-/m1/s1. The molecule has 0 radical (unpaired) electrons. The molecule has 118 valence electrons. The molecular formula is C18H23NO2S. The molecule has 1 atom stereocenters. The van der Waals surface area contributed by atoms with E-state index in [2.05, 4.69) is 32.2 Å². The van der Waals surface area contributed by atoms with Gasteiger partial charge in [0.15, 0.2) is 6.61 Å². The summed E-state index contributed by atoms with van der Waals surface area (Å²) in [4.78, 5) is 13.3. The summed E-state index contributed by atoms with van der Waals surface area (Å²) in [7, 11) is 0. The average Bonchev–Trinajstić information content (AvgIpc) is 3.04. The maximum absolute atomic E-state index is 12.1. The zero-order valence-electron chi connectivity index (χ0n) is 13.3. The number of nitrogens with one attached hydrogen (secondary N) is 1. The van der Waals surface area contributed by atoms with Gasteiger partial charge in [-0.1, -0.05) is 39.0 Å². The monoisotopic (exact) mass is 317 g/mol. The molecule has 1 aromatic carbocycles. The predicted molar refractivity (Wildman–Crippen MR) is 91.4 cm³/mol. The first-order chi connectivity index (χ1) is 10.6. The van der Waals surface area contributed by atoms with Crippen LogP contribution in [0.2, 0.25) is 0 Å². The number of carbonyl (C=O) groups excluding carboxylic acids is 1. The lowest BCUT2D eigenvalue weighted by atomic mass is 10.0. The van der Waals surface area contributed by atoms with Crippen molar-refractivity contribution in [3.05, 3.63) is 52.2 Å². The van der Waals surface area contributed by atoms with Crippen LogP contribution in [0.3, 0.4) is 0 Å². The summed E-state index contributed by atoms with van der Waals surface area (Å²) in [6.07, 6.45) is 0.998. The van der Waals surface area contributed by atoms with E-state index in [1.54, 1.807) is 11.3 Å². The molecule has 0 saturated carbocycles. The molecule has 2 aromatic rings. The van der Waals surface area contributed by atoms with Gasteiger partial charge in [0.2, 0.25) is 0 Å². The topological polar surface area (TPSA) is 38.3 Å². The number of amides is 1. The van der Waals surface area contributed by atoms with E-state index < -0.39 is 0 Å². The van der Waals surface area contributed by atoms with Gasteiger partial charge in [0.05, 0.1) is 6.04 Å². The summed E-state index contributed by atoms with van der Waals surface area (Å²) in [5.41, 5.74) is 1.26. The highest BCUT2D eigenvalue weighted by molar-refractivity contribution is 7.10. The van der Waals surface area contributed by atoms with Crippen molar-refractivity contribution in [1.82, 2.24) is 5.32 Å². The van der Waals surface area contributed by atoms with Crippen LogP contribution in [0.25, 0.3) is 0 Å². The number of hydrogen-bond acceptors (Lipinski definition) is 3. The molecule has 2 rings (SSSR count). The van der Waals surface area contributed by atoms with Crippen LogP contribution in [0.15, 0.2) is 41.8 Å². The maximum atomic E-state index is 12.1. The molecule has 4 heteroatoms. The Kier molecular flexibility index (Phi) is 6.01. The van der Waals surface area contributed by atoms with Crippen LogP contribution in [0.1, 0.15) is 37.3 Å². The first-order valence-electron chi connectivity index (χ1n) is 7.64. The predicted octanol–water partition coefficient (Wildman–Crippen LogP) is 4.20. The molecule has 0 aliphatic carbocycles. The fourth-order valence-corrected chi connectivity index (χ4v) is 3.17. The molecule has 0 fully saturated rings. The first kappa shape index (κ1) is 16.6. The third kappa shape index (κ3) is 4.60. The number of hydrogen-bond donors (Lipinski definition) is 1. The number of thiophene rings is 1. The lowest BCUT2D eigenvalue weighted by Gasteiger charge is -2.21. The molecule has 1 aromatic heterocycles. The summed E-state index contributed by atoms with van der Waals surface area (Å²) in [6, 6.07) is 12.0. The minimum atomic E-state index is -0.0910. The molecule has 0 unspecified atom stereocenters. The van der Waals surface area contributed by atoms with Crippen molar-refractivity contribution in [2.45, 2.75) is 33.2 Å². The van der Waals surface area contributed by atoms with E-state index in [1.807, 2.05) is 35.7 Å². The van der Waals surface area contributed by atoms with Gasteiger partial charge in [0.25, 0.3) is 5.91 Å². The van der Waals surface area contributed by atoms with Crippen LogP contribution in [-0.2, 0) is 11.2 Å². The summed E-state index contributed by atoms with van der Waals surface area (Å²) in [6.45, 7) is 6.37. The van der Waals surface area contributed by atoms with Crippen LogP contribution >= 0.6 is 11.3 Å². The van der Waals surface area contributed by atoms with Gasteiger partial charge in [-0.2, -0.15) is 0 Å². The Bertz CT molecular complexity index is 576. The molecule has 0 aliphatic heterocycles.